The molecule has 2 aliphatic carbocycles. The molecule has 2 fully saturated rings. The van der Waals surface area contributed by atoms with Crippen molar-refractivity contribution in [3.05, 3.63) is 24.3 Å². The summed E-state index contributed by atoms with van der Waals surface area (Å²) in [6.07, 6.45) is 13.6. The molecule has 1 aliphatic heterocycles. The van der Waals surface area contributed by atoms with Gasteiger partial charge in [-0.25, -0.2) is 0 Å². The highest BCUT2D eigenvalue weighted by atomic mass is 16.2. The summed E-state index contributed by atoms with van der Waals surface area (Å²) in [5.74, 6) is -3.82. The highest BCUT2D eigenvalue weighted by Crippen LogP contribution is 2.56. The number of hydrogen-bond acceptors (Lipinski definition) is 7. The van der Waals surface area contributed by atoms with Gasteiger partial charge in [0.05, 0.1) is 11.9 Å². The molecule has 3 aliphatic rings. The summed E-state index contributed by atoms with van der Waals surface area (Å²) >= 11 is 0. The number of nitrogens with zero attached hydrogens (tertiary/aromatic N) is 1. The van der Waals surface area contributed by atoms with Gasteiger partial charge in [0, 0.05) is 43.2 Å². The van der Waals surface area contributed by atoms with Gasteiger partial charge in [-0.15, -0.1) is 0 Å². The number of hydrogen-bond donors (Lipinski definition) is 5. The Bertz CT molecular complexity index is 1370. The first-order chi connectivity index (χ1) is 24.6. The first kappa shape index (κ1) is 42.6. The second-order valence-corrected chi connectivity index (χ2v) is 15.8. The van der Waals surface area contributed by atoms with Gasteiger partial charge >= 0.3 is 0 Å². The van der Waals surface area contributed by atoms with Crippen molar-refractivity contribution in [2.24, 2.45) is 47.2 Å². The van der Waals surface area contributed by atoms with Crippen LogP contribution in [0.4, 0.5) is 0 Å². The molecule has 0 aromatic heterocycles. The van der Waals surface area contributed by atoms with Gasteiger partial charge in [0.1, 0.15) is 12.1 Å². The second kappa shape index (κ2) is 19.9. The number of amidine groups is 1. The highest BCUT2D eigenvalue weighted by Gasteiger charge is 2.60. The third-order valence-electron chi connectivity index (χ3n) is 11.1. The van der Waals surface area contributed by atoms with Gasteiger partial charge in [0.15, 0.2) is 5.78 Å². The zero-order valence-electron chi connectivity index (χ0n) is 32.4. The van der Waals surface area contributed by atoms with Gasteiger partial charge in [-0.1, -0.05) is 78.7 Å². The molecule has 1 saturated heterocycles. The fourth-order valence-corrected chi connectivity index (χ4v) is 8.07. The molecule has 6 N–H and O–H groups in total. The van der Waals surface area contributed by atoms with Crippen LogP contribution in [0.1, 0.15) is 113 Å². The molecule has 12 heteroatoms. The van der Waals surface area contributed by atoms with Crippen LogP contribution in [0, 0.1) is 46.8 Å². The van der Waals surface area contributed by atoms with Gasteiger partial charge in [-0.2, -0.15) is 0 Å². The number of unbranched alkanes of at least 4 members (excludes halogenated alkanes) is 1. The lowest BCUT2D eigenvalue weighted by Gasteiger charge is -2.32. The molecule has 0 aromatic carbocycles. The molecule has 3 rings (SSSR count). The number of allylic oxidation sites excluding steroid dienone is 3. The summed E-state index contributed by atoms with van der Waals surface area (Å²) in [6.45, 7) is 13.6. The van der Waals surface area contributed by atoms with Gasteiger partial charge < -0.3 is 26.6 Å². The first-order valence-electron chi connectivity index (χ1n) is 19.6. The second-order valence-electron chi connectivity index (χ2n) is 15.8. The van der Waals surface area contributed by atoms with E-state index >= 15 is 0 Å². The zero-order valence-corrected chi connectivity index (χ0v) is 32.4. The Balaban J connectivity index is 1.70. The molecule has 290 valence electrons. The Morgan fingerprint density at radius 3 is 2.15 bits per heavy atom. The standard InChI is InChI=1S/C40H64N6O6/c1-8-16-28(36(48)39(51)43-25(7)26-17-11-10-12-18-26)32-27(9-2)33(32)37(49)29-19-15-22-46(29)40(52)35(24(5)6)45-38(50)34(23(3)4)44-31(47)21-14-13-20-30(41)42/h10-12,17,23-29,32-35H,8-9,13-16,18-22H2,1-7H3,(H3,41,42)(H,43,51)(H,44,47)(H,45,50)/t25-,26+,27?,28?,29?,32?,33?,34?,35?/m1/s1. The number of amides is 4. The minimum absolute atomic E-state index is 0.0411. The van der Waals surface area contributed by atoms with Crippen molar-refractivity contribution < 1.29 is 28.8 Å². The number of nitrogens with two attached hydrogens (primary N) is 1. The Morgan fingerprint density at radius 1 is 0.904 bits per heavy atom. The predicted molar refractivity (Wildman–Crippen MR) is 202 cm³/mol. The smallest absolute Gasteiger partial charge is 0.287 e. The van der Waals surface area contributed by atoms with Crippen LogP contribution in [-0.4, -0.2) is 76.6 Å². The third kappa shape index (κ3) is 11.1. The quantitative estimate of drug-likeness (QED) is 0.0507. The molecular weight excluding hydrogens is 660 g/mol. The van der Waals surface area contributed by atoms with E-state index in [0.717, 1.165) is 6.42 Å². The monoisotopic (exact) mass is 724 g/mol. The highest BCUT2D eigenvalue weighted by molar-refractivity contribution is 6.37. The van der Waals surface area contributed by atoms with Crippen molar-refractivity contribution in [2.45, 2.75) is 137 Å². The molecule has 7 unspecified atom stereocenters. The number of rotatable bonds is 21. The van der Waals surface area contributed by atoms with E-state index in [1.807, 2.05) is 72.8 Å². The van der Waals surface area contributed by atoms with Gasteiger partial charge in [0.25, 0.3) is 5.91 Å². The average molecular weight is 725 g/mol. The van der Waals surface area contributed by atoms with E-state index in [-0.39, 0.29) is 65.5 Å². The summed E-state index contributed by atoms with van der Waals surface area (Å²) in [4.78, 5) is 83.2. The van der Waals surface area contributed by atoms with Gasteiger partial charge in [0.2, 0.25) is 23.5 Å². The molecule has 0 spiro atoms. The van der Waals surface area contributed by atoms with Crippen molar-refractivity contribution in [3.8, 4) is 0 Å². The molecule has 12 nitrogen and oxygen atoms in total. The summed E-state index contributed by atoms with van der Waals surface area (Å²) in [5.41, 5.74) is 5.40. The Hall–Kier alpha value is -3.83. The summed E-state index contributed by atoms with van der Waals surface area (Å²) in [5, 5.41) is 16.0. The SMILES string of the molecule is CCCC(C(=O)C(=O)N[C@H](C)[C@H]1C=CC=CC1)C1C(CC)C1C(=O)C1CCCN1C(=O)C(NC(=O)C(NC(=O)CCCCC(=N)N)C(C)C)C(C)C. The normalized spacial score (nSPS) is 24.6. The molecule has 4 amide bonds. The lowest BCUT2D eigenvalue weighted by atomic mass is 9.88. The fraction of sp³-hybridized carbons (Fsp3) is 0.725. The lowest BCUT2D eigenvalue weighted by molar-refractivity contribution is -0.143. The largest absolute Gasteiger partial charge is 0.388 e. The van der Waals surface area contributed by atoms with Crippen molar-refractivity contribution in [2.75, 3.05) is 6.54 Å². The van der Waals surface area contributed by atoms with Gasteiger partial charge in [-0.3, -0.25) is 34.2 Å². The fourth-order valence-electron chi connectivity index (χ4n) is 8.07. The minimum atomic E-state index is -0.902. The van der Waals surface area contributed by atoms with E-state index in [1.54, 1.807) is 4.90 Å². The van der Waals surface area contributed by atoms with E-state index in [4.69, 9.17) is 11.1 Å². The molecule has 9 atom stereocenters. The molecule has 52 heavy (non-hydrogen) atoms. The maximum absolute atomic E-state index is 14.3. The van der Waals surface area contributed by atoms with E-state index in [2.05, 4.69) is 16.0 Å². The Labute approximate surface area is 310 Å². The van der Waals surface area contributed by atoms with Crippen LogP contribution >= 0.6 is 0 Å². The molecule has 1 saturated carbocycles. The number of carbonyl (C=O) groups is 6. The molecule has 1 heterocycles. The van der Waals surface area contributed by atoms with E-state index in [1.165, 1.54) is 0 Å². The number of likely N-dealkylation sites (tertiary alicyclic amines) is 1. The molecular formula is C40H64N6O6. The van der Waals surface area contributed by atoms with Gasteiger partial charge in [-0.05, 0) is 69.1 Å². The van der Waals surface area contributed by atoms with E-state index < -0.39 is 47.6 Å². The van der Waals surface area contributed by atoms with Crippen molar-refractivity contribution >= 4 is 41.0 Å². The molecule has 0 bridgehead atoms. The maximum Gasteiger partial charge on any atom is 0.287 e. The van der Waals surface area contributed by atoms with Crippen molar-refractivity contribution in [3.63, 3.8) is 0 Å². The molecule has 0 radical (unpaired) electrons. The number of nitrogens with one attached hydrogen (secondary N) is 4. The number of Topliss-reactive ketones (excluding diaryl/α,β-unsaturated/α-hetero) is 2. The Kier molecular flexibility index (Phi) is 16.3. The summed E-state index contributed by atoms with van der Waals surface area (Å²) < 4.78 is 0. The molecule has 0 aromatic rings. The zero-order chi connectivity index (χ0) is 38.7. The van der Waals surface area contributed by atoms with Crippen LogP contribution in [0.3, 0.4) is 0 Å². The van der Waals surface area contributed by atoms with Crippen LogP contribution in [0.25, 0.3) is 0 Å². The van der Waals surface area contributed by atoms with E-state index in [9.17, 15) is 28.8 Å². The lowest BCUT2D eigenvalue weighted by Crippen LogP contribution is -2.58. The Morgan fingerprint density at radius 2 is 1.58 bits per heavy atom. The van der Waals surface area contributed by atoms with Crippen molar-refractivity contribution in [1.29, 1.82) is 5.41 Å². The predicted octanol–water partition coefficient (Wildman–Crippen LogP) is 4.22. The number of ketones is 2. The summed E-state index contributed by atoms with van der Waals surface area (Å²) in [7, 11) is 0. The van der Waals surface area contributed by atoms with Crippen LogP contribution in [0.15, 0.2) is 24.3 Å². The minimum Gasteiger partial charge on any atom is -0.388 e. The van der Waals surface area contributed by atoms with Crippen LogP contribution in [0.5, 0.6) is 0 Å². The maximum atomic E-state index is 14.3. The van der Waals surface area contributed by atoms with Crippen LogP contribution in [0.2, 0.25) is 0 Å². The number of carbonyl (C=O) groups excluding carboxylic acids is 6. The summed E-state index contributed by atoms with van der Waals surface area (Å²) in [6, 6.07) is -2.63. The topological polar surface area (TPSA) is 192 Å². The average Bonchev–Trinajstić information content (AvgIpc) is 3.62. The third-order valence-corrected chi connectivity index (χ3v) is 11.1. The van der Waals surface area contributed by atoms with Crippen LogP contribution < -0.4 is 21.7 Å². The van der Waals surface area contributed by atoms with Crippen molar-refractivity contribution in [1.82, 2.24) is 20.9 Å². The first-order valence-corrected chi connectivity index (χ1v) is 19.6. The van der Waals surface area contributed by atoms with Crippen LogP contribution in [-0.2, 0) is 28.8 Å². The van der Waals surface area contributed by atoms with E-state index in [0.29, 0.717) is 57.9 Å².